The van der Waals surface area contributed by atoms with Crippen molar-refractivity contribution in [2.75, 3.05) is 0 Å². The van der Waals surface area contributed by atoms with Gasteiger partial charge in [0, 0.05) is 5.02 Å². The Morgan fingerprint density at radius 2 is 1.65 bits per heavy atom. The predicted molar refractivity (Wildman–Crippen MR) is 76.3 cm³/mol. The van der Waals surface area contributed by atoms with Gasteiger partial charge < -0.3 is 15.3 Å². The Balaban J connectivity index is 2.24. The van der Waals surface area contributed by atoms with Gasteiger partial charge in [0.25, 0.3) is 0 Å². The quantitative estimate of drug-likeness (QED) is 0.460. The minimum Gasteiger partial charge on any atom is -0.507 e. The SMILES string of the molecule is O=C(/C=C/c1ccc(O)c(O)c1)c1cc(Cl)ccc1O. The number of phenols is 3. The van der Waals surface area contributed by atoms with Crippen LogP contribution >= 0.6 is 11.6 Å². The highest BCUT2D eigenvalue weighted by Crippen LogP contribution is 2.26. The molecule has 0 aliphatic rings. The van der Waals surface area contributed by atoms with Gasteiger partial charge in [-0.25, -0.2) is 0 Å². The molecule has 0 bridgehead atoms. The third kappa shape index (κ3) is 3.10. The van der Waals surface area contributed by atoms with Gasteiger partial charge in [-0.05, 0) is 42.0 Å². The molecule has 3 N–H and O–H groups in total. The van der Waals surface area contributed by atoms with Gasteiger partial charge in [0.15, 0.2) is 17.3 Å². The number of benzene rings is 2. The van der Waals surface area contributed by atoms with E-state index in [-0.39, 0.29) is 22.8 Å². The van der Waals surface area contributed by atoms with Crippen molar-refractivity contribution in [2.45, 2.75) is 0 Å². The van der Waals surface area contributed by atoms with Gasteiger partial charge in [0.05, 0.1) is 5.56 Å². The second-order valence-corrected chi connectivity index (χ2v) is 4.54. The number of carbonyl (C=O) groups is 1. The van der Waals surface area contributed by atoms with Gasteiger partial charge in [-0.3, -0.25) is 4.79 Å². The Kier molecular flexibility index (Phi) is 3.96. The van der Waals surface area contributed by atoms with Gasteiger partial charge in [-0.15, -0.1) is 0 Å². The normalized spacial score (nSPS) is 10.8. The van der Waals surface area contributed by atoms with Gasteiger partial charge >= 0.3 is 0 Å². The fourth-order valence-electron chi connectivity index (χ4n) is 1.61. The lowest BCUT2D eigenvalue weighted by molar-refractivity contribution is 0.104. The highest BCUT2D eigenvalue weighted by atomic mass is 35.5. The molecule has 20 heavy (non-hydrogen) atoms. The summed E-state index contributed by atoms with van der Waals surface area (Å²) in [5.74, 6) is -1.08. The second kappa shape index (κ2) is 5.67. The van der Waals surface area contributed by atoms with E-state index in [0.29, 0.717) is 10.6 Å². The summed E-state index contributed by atoms with van der Waals surface area (Å²) in [6.45, 7) is 0. The molecule has 5 heteroatoms. The molecule has 4 nitrogen and oxygen atoms in total. The summed E-state index contributed by atoms with van der Waals surface area (Å²) in [5.41, 5.74) is 0.631. The summed E-state index contributed by atoms with van der Waals surface area (Å²) in [4.78, 5) is 11.9. The van der Waals surface area contributed by atoms with Crippen LogP contribution in [0.15, 0.2) is 42.5 Å². The number of phenolic OH excluding ortho intramolecular Hbond substituents is 3. The molecule has 0 aliphatic carbocycles. The average molecular weight is 291 g/mol. The number of carbonyl (C=O) groups excluding carboxylic acids is 1. The number of allylic oxidation sites excluding steroid dienone is 1. The van der Waals surface area contributed by atoms with Crippen LogP contribution in [0, 0.1) is 0 Å². The molecule has 102 valence electrons. The molecular formula is C15H11ClO4. The number of hydrogen-bond donors (Lipinski definition) is 3. The standard InChI is InChI=1S/C15H11ClO4/c16-10-3-6-13(18)11(8-10)12(17)4-1-9-2-5-14(19)15(20)7-9/h1-8,18-20H/b4-1+. The van der Waals surface area contributed by atoms with Crippen molar-refractivity contribution in [2.24, 2.45) is 0 Å². The first-order valence-electron chi connectivity index (χ1n) is 5.70. The van der Waals surface area contributed by atoms with E-state index in [9.17, 15) is 20.1 Å². The van der Waals surface area contributed by atoms with E-state index in [4.69, 9.17) is 11.6 Å². The fourth-order valence-corrected chi connectivity index (χ4v) is 1.78. The number of ketones is 1. The number of rotatable bonds is 3. The lowest BCUT2D eigenvalue weighted by Crippen LogP contribution is -1.94. The zero-order chi connectivity index (χ0) is 14.7. The molecule has 2 aromatic carbocycles. The molecule has 0 aromatic heterocycles. The van der Waals surface area contributed by atoms with E-state index >= 15 is 0 Å². The Hall–Kier alpha value is -2.46. The molecule has 0 heterocycles. The summed E-state index contributed by atoms with van der Waals surface area (Å²) < 4.78 is 0. The van der Waals surface area contributed by atoms with Gasteiger partial charge in [0.2, 0.25) is 0 Å². The first-order valence-corrected chi connectivity index (χ1v) is 6.08. The van der Waals surface area contributed by atoms with Crippen molar-refractivity contribution >= 4 is 23.5 Å². The first kappa shape index (κ1) is 14.0. The van der Waals surface area contributed by atoms with Gasteiger partial charge in [-0.1, -0.05) is 23.7 Å². The molecule has 0 radical (unpaired) electrons. The summed E-state index contributed by atoms with van der Waals surface area (Å²) in [6, 6.07) is 8.37. The molecule has 2 rings (SSSR count). The molecule has 0 unspecified atom stereocenters. The number of hydrogen-bond acceptors (Lipinski definition) is 4. The third-order valence-electron chi connectivity index (χ3n) is 2.65. The summed E-state index contributed by atoms with van der Waals surface area (Å²) in [6.07, 6.45) is 2.71. The number of aromatic hydroxyl groups is 3. The maximum Gasteiger partial charge on any atom is 0.189 e. The van der Waals surface area contributed by atoms with E-state index in [1.165, 1.54) is 48.6 Å². The van der Waals surface area contributed by atoms with Crippen LogP contribution in [0.25, 0.3) is 6.08 Å². The molecule has 0 aliphatic heterocycles. The third-order valence-corrected chi connectivity index (χ3v) is 2.89. The van der Waals surface area contributed by atoms with Gasteiger partial charge in [0.1, 0.15) is 5.75 Å². The summed E-state index contributed by atoms with van der Waals surface area (Å²) in [7, 11) is 0. The van der Waals surface area contributed by atoms with Crippen LogP contribution < -0.4 is 0 Å². The first-order chi connectivity index (χ1) is 9.47. The van der Waals surface area contributed by atoms with Crippen LogP contribution in [0.4, 0.5) is 0 Å². The highest BCUT2D eigenvalue weighted by molar-refractivity contribution is 6.31. The minimum atomic E-state index is -0.419. The summed E-state index contributed by atoms with van der Waals surface area (Å²) >= 11 is 5.77. The molecule has 0 saturated carbocycles. The smallest absolute Gasteiger partial charge is 0.189 e. The molecule has 0 fully saturated rings. The molecule has 0 atom stereocenters. The van der Waals surface area contributed by atoms with E-state index in [2.05, 4.69) is 0 Å². The van der Waals surface area contributed by atoms with E-state index in [1.807, 2.05) is 0 Å². The summed E-state index contributed by atoms with van der Waals surface area (Å²) in [5, 5.41) is 28.5. The van der Waals surface area contributed by atoms with Crippen LogP contribution in [0.1, 0.15) is 15.9 Å². The maximum absolute atomic E-state index is 11.9. The number of halogens is 1. The van der Waals surface area contributed by atoms with Gasteiger partial charge in [-0.2, -0.15) is 0 Å². The van der Waals surface area contributed by atoms with E-state index < -0.39 is 5.78 Å². The largest absolute Gasteiger partial charge is 0.507 e. The van der Waals surface area contributed by atoms with Crippen molar-refractivity contribution in [3.63, 3.8) is 0 Å². The van der Waals surface area contributed by atoms with Crippen molar-refractivity contribution in [3.05, 3.63) is 58.6 Å². The van der Waals surface area contributed by atoms with Crippen molar-refractivity contribution in [3.8, 4) is 17.2 Å². The topological polar surface area (TPSA) is 77.8 Å². The van der Waals surface area contributed by atoms with Crippen molar-refractivity contribution in [1.82, 2.24) is 0 Å². The minimum absolute atomic E-state index is 0.0942. The van der Waals surface area contributed by atoms with E-state index in [0.717, 1.165) is 0 Å². The lowest BCUT2D eigenvalue weighted by Gasteiger charge is -2.01. The Morgan fingerprint density at radius 1 is 0.950 bits per heavy atom. The Morgan fingerprint density at radius 3 is 2.35 bits per heavy atom. The zero-order valence-corrected chi connectivity index (χ0v) is 11.0. The fraction of sp³-hybridized carbons (Fsp3) is 0. The van der Waals surface area contributed by atoms with Crippen LogP contribution in [0.2, 0.25) is 5.02 Å². The Bertz CT molecular complexity index is 692. The second-order valence-electron chi connectivity index (χ2n) is 4.11. The Labute approximate surface area is 120 Å². The monoisotopic (exact) mass is 290 g/mol. The zero-order valence-electron chi connectivity index (χ0n) is 10.2. The van der Waals surface area contributed by atoms with E-state index in [1.54, 1.807) is 0 Å². The van der Waals surface area contributed by atoms with Crippen molar-refractivity contribution in [1.29, 1.82) is 0 Å². The van der Waals surface area contributed by atoms with Crippen molar-refractivity contribution < 1.29 is 20.1 Å². The predicted octanol–water partition coefficient (Wildman–Crippen LogP) is 3.35. The maximum atomic E-state index is 11.9. The molecule has 0 spiro atoms. The molecule has 0 saturated heterocycles. The van der Waals surface area contributed by atoms with Crippen LogP contribution in [-0.4, -0.2) is 21.1 Å². The highest BCUT2D eigenvalue weighted by Gasteiger charge is 2.08. The van der Waals surface area contributed by atoms with Crippen LogP contribution in [-0.2, 0) is 0 Å². The molecule has 0 amide bonds. The lowest BCUT2D eigenvalue weighted by atomic mass is 10.1. The average Bonchev–Trinajstić information content (AvgIpc) is 2.42. The van der Waals surface area contributed by atoms with Crippen LogP contribution in [0.5, 0.6) is 17.2 Å². The molecular weight excluding hydrogens is 280 g/mol. The van der Waals surface area contributed by atoms with Crippen LogP contribution in [0.3, 0.4) is 0 Å². The molecule has 2 aromatic rings.